The van der Waals surface area contributed by atoms with Crippen LogP contribution in [0.3, 0.4) is 0 Å². The largest absolute Gasteiger partial charge is 0.507 e. The quantitative estimate of drug-likeness (QED) is 0.707. The zero-order valence-corrected chi connectivity index (χ0v) is 12.2. The van der Waals surface area contributed by atoms with Crippen molar-refractivity contribution in [3.63, 3.8) is 0 Å². The number of rotatable bonds is 2. The summed E-state index contributed by atoms with van der Waals surface area (Å²) in [5, 5.41) is 29.8. The minimum atomic E-state index is -1.05. The van der Waals surface area contributed by atoms with Crippen LogP contribution in [0.4, 0.5) is 0 Å². The number of ketones is 2. The molecule has 1 aliphatic heterocycles. The molecule has 0 unspecified atom stereocenters. The van der Waals surface area contributed by atoms with Gasteiger partial charge in [-0.15, -0.1) is 0 Å². The number of aromatic hydroxyl groups is 2. The fourth-order valence-corrected chi connectivity index (χ4v) is 3.18. The van der Waals surface area contributed by atoms with E-state index in [2.05, 4.69) is 0 Å². The molecule has 0 radical (unpaired) electrons. The van der Waals surface area contributed by atoms with Crippen molar-refractivity contribution in [3.8, 4) is 11.5 Å². The van der Waals surface area contributed by atoms with Crippen molar-refractivity contribution in [2.24, 2.45) is 0 Å². The number of benzene rings is 1. The highest BCUT2D eigenvalue weighted by molar-refractivity contribution is 6.24. The van der Waals surface area contributed by atoms with Crippen LogP contribution in [0.1, 0.15) is 51.3 Å². The van der Waals surface area contributed by atoms with Gasteiger partial charge in [-0.25, -0.2) is 0 Å². The third-order valence-corrected chi connectivity index (χ3v) is 4.11. The molecule has 2 atom stereocenters. The summed E-state index contributed by atoms with van der Waals surface area (Å²) in [7, 11) is 0. The highest BCUT2D eigenvalue weighted by atomic mass is 16.5. The topological polar surface area (TPSA) is 121 Å². The molecule has 3 rings (SSSR count). The number of carboxylic acid groups (broad SMARTS) is 1. The van der Waals surface area contributed by atoms with Gasteiger partial charge in [-0.2, -0.15) is 0 Å². The molecule has 0 bridgehead atoms. The molecule has 2 aliphatic rings. The molecule has 0 amide bonds. The van der Waals surface area contributed by atoms with Crippen LogP contribution in [0.25, 0.3) is 0 Å². The fraction of sp³-hybridized carbons (Fsp3) is 0.312. The predicted octanol–water partition coefficient (Wildman–Crippen LogP) is 1.51. The van der Waals surface area contributed by atoms with E-state index < -0.39 is 35.5 Å². The number of carbonyl (C=O) groups is 3. The second kappa shape index (κ2) is 5.20. The van der Waals surface area contributed by atoms with Crippen molar-refractivity contribution in [2.45, 2.75) is 32.0 Å². The van der Waals surface area contributed by atoms with Gasteiger partial charge in [0.2, 0.25) is 0 Å². The van der Waals surface area contributed by atoms with Crippen molar-refractivity contribution in [2.75, 3.05) is 0 Å². The Balaban J connectivity index is 2.20. The van der Waals surface area contributed by atoms with Gasteiger partial charge in [0.25, 0.3) is 0 Å². The molecule has 120 valence electrons. The van der Waals surface area contributed by atoms with Crippen molar-refractivity contribution < 1.29 is 34.4 Å². The van der Waals surface area contributed by atoms with Gasteiger partial charge in [-0.3, -0.25) is 14.4 Å². The number of hydrogen-bond acceptors (Lipinski definition) is 6. The zero-order chi connectivity index (χ0) is 16.9. The number of fused-ring (bicyclic) bond motifs is 2. The first-order valence-corrected chi connectivity index (χ1v) is 7.05. The third-order valence-electron chi connectivity index (χ3n) is 4.11. The van der Waals surface area contributed by atoms with E-state index in [1.807, 2.05) is 0 Å². The van der Waals surface area contributed by atoms with Crippen molar-refractivity contribution in [1.82, 2.24) is 0 Å². The SMILES string of the molecule is C[C@H]1O[C@@H](CC(=O)O)Cc2c(O)c3c(c(O)c21)C(=O)C=CC3=O. The van der Waals surface area contributed by atoms with Gasteiger partial charge in [0.05, 0.1) is 29.8 Å². The van der Waals surface area contributed by atoms with Crippen molar-refractivity contribution in [3.05, 3.63) is 34.4 Å². The minimum absolute atomic E-state index is 0.0316. The number of phenols is 2. The Kier molecular flexibility index (Phi) is 3.45. The van der Waals surface area contributed by atoms with E-state index in [9.17, 15) is 24.6 Å². The number of ether oxygens (including phenoxy) is 1. The summed E-state index contributed by atoms with van der Waals surface area (Å²) >= 11 is 0. The van der Waals surface area contributed by atoms with Crippen molar-refractivity contribution >= 4 is 17.5 Å². The molecule has 0 aromatic heterocycles. The Morgan fingerprint density at radius 1 is 1.17 bits per heavy atom. The van der Waals surface area contributed by atoms with Crippen molar-refractivity contribution in [1.29, 1.82) is 0 Å². The van der Waals surface area contributed by atoms with Gasteiger partial charge < -0.3 is 20.1 Å². The summed E-state index contributed by atoms with van der Waals surface area (Å²) < 4.78 is 5.55. The lowest BCUT2D eigenvalue weighted by Crippen LogP contribution is -2.29. The number of allylic oxidation sites excluding steroid dienone is 2. The summed E-state index contributed by atoms with van der Waals surface area (Å²) in [4.78, 5) is 34.8. The van der Waals surface area contributed by atoms with Crippen LogP contribution >= 0.6 is 0 Å². The molecule has 1 aliphatic carbocycles. The highest BCUT2D eigenvalue weighted by Crippen LogP contribution is 2.46. The summed E-state index contributed by atoms with van der Waals surface area (Å²) in [6, 6.07) is 0. The minimum Gasteiger partial charge on any atom is -0.507 e. The zero-order valence-electron chi connectivity index (χ0n) is 12.2. The molecule has 1 heterocycles. The molecule has 7 heteroatoms. The molecule has 23 heavy (non-hydrogen) atoms. The molecule has 1 aromatic carbocycles. The summed E-state index contributed by atoms with van der Waals surface area (Å²) in [6.07, 6.45) is 0.430. The fourth-order valence-electron chi connectivity index (χ4n) is 3.18. The van der Waals surface area contributed by atoms with E-state index >= 15 is 0 Å². The Hall–Kier alpha value is -2.67. The second-order valence-corrected chi connectivity index (χ2v) is 5.60. The van der Waals surface area contributed by atoms with Crippen LogP contribution in [0.15, 0.2) is 12.2 Å². The van der Waals surface area contributed by atoms with Gasteiger partial charge in [-0.05, 0) is 19.1 Å². The Morgan fingerprint density at radius 3 is 2.30 bits per heavy atom. The van der Waals surface area contributed by atoms with E-state index in [-0.39, 0.29) is 40.8 Å². The molecule has 0 spiro atoms. The molecule has 3 N–H and O–H groups in total. The molecular formula is C16H14O7. The van der Waals surface area contributed by atoms with Crippen LogP contribution < -0.4 is 0 Å². The molecule has 0 fully saturated rings. The molecule has 0 saturated heterocycles. The maximum atomic E-state index is 12.0. The average Bonchev–Trinajstić information content (AvgIpc) is 2.45. The van der Waals surface area contributed by atoms with E-state index in [1.165, 1.54) is 0 Å². The number of aliphatic carboxylic acids is 1. The lowest BCUT2D eigenvalue weighted by molar-refractivity contribution is -0.141. The molecular weight excluding hydrogens is 304 g/mol. The van der Waals surface area contributed by atoms with Crippen LogP contribution in [-0.2, 0) is 16.0 Å². The number of carboxylic acids is 1. The third kappa shape index (κ3) is 2.29. The summed E-state index contributed by atoms with van der Waals surface area (Å²) in [6.45, 7) is 1.59. The maximum Gasteiger partial charge on any atom is 0.305 e. The monoisotopic (exact) mass is 318 g/mol. The van der Waals surface area contributed by atoms with Gasteiger partial charge in [-0.1, -0.05) is 0 Å². The second-order valence-electron chi connectivity index (χ2n) is 5.60. The van der Waals surface area contributed by atoms with Crippen LogP contribution in [-0.4, -0.2) is 39.0 Å². The van der Waals surface area contributed by atoms with Crippen LogP contribution in [0.5, 0.6) is 11.5 Å². The van der Waals surface area contributed by atoms with Gasteiger partial charge in [0.15, 0.2) is 11.6 Å². The Morgan fingerprint density at radius 2 is 1.74 bits per heavy atom. The molecule has 7 nitrogen and oxygen atoms in total. The number of phenolic OH excluding ortho intramolecular Hbond substituents is 2. The Labute approximate surface area is 130 Å². The highest BCUT2D eigenvalue weighted by Gasteiger charge is 2.37. The number of carbonyl (C=O) groups excluding carboxylic acids is 2. The maximum absolute atomic E-state index is 12.0. The average molecular weight is 318 g/mol. The lowest BCUT2D eigenvalue weighted by Gasteiger charge is -2.32. The van der Waals surface area contributed by atoms with Gasteiger partial charge in [0, 0.05) is 17.5 Å². The summed E-state index contributed by atoms with van der Waals surface area (Å²) in [5.41, 5.74) is -0.000140. The van der Waals surface area contributed by atoms with Gasteiger partial charge >= 0.3 is 5.97 Å². The van der Waals surface area contributed by atoms with E-state index in [0.29, 0.717) is 0 Å². The number of hydrogen-bond donors (Lipinski definition) is 3. The normalized spacial score (nSPS) is 22.7. The van der Waals surface area contributed by atoms with E-state index in [1.54, 1.807) is 6.92 Å². The molecule has 1 aromatic rings. The first kappa shape index (κ1) is 15.2. The van der Waals surface area contributed by atoms with E-state index in [4.69, 9.17) is 9.84 Å². The molecule has 0 saturated carbocycles. The Bertz CT molecular complexity index is 775. The summed E-state index contributed by atoms with van der Waals surface area (Å²) in [5.74, 6) is -2.99. The lowest BCUT2D eigenvalue weighted by atomic mass is 9.83. The standard InChI is InChI=1S/C16H14O7/c1-6-12-8(4-7(23-6)5-11(19)20)15(21)13-9(17)2-3-10(18)14(13)16(12)22/h2-3,6-7,21-22H,4-5H2,1H3,(H,19,20)/t6-,7-/m1/s1. The van der Waals surface area contributed by atoms with E-state index in [0.717, 1.165) is 12.2 Å². The predicted molar refractivity (Wildman–Crippen MR) is 76.8 cm³/mol. The first-order valence-electron chi connectivity index (χ1n) is 7.05. The van der Waals surface area contributed by atoms with Gasteiger partial charge in [0.1, 0.15) is 11.5 Å². The van der Waals surface area contributed by atoms with Crippen LogP contribution in [0, 0.1) is 0 Å². The smallest absolute Gasteiger partial charge is 0.305 e. The first-order chi connectivity index (χ1) is 10.8. The van der Waals surface area contributed by atoms with Crippen LogP contribution in [0.2, 0.25) is 0 Å².